The molecule has 1 spiro atoms. The molecule has 0 amide bonds. The van der Waals surface area contributed by atoms with Crippen LogP contribution in [0.5, 0.6) is 0 Å². The second-order valence-corrected chi connectivity index (χ2v) is 19.3. The lowest BCUT2D eigenvalue weighted by Crippen LogP contribution is -2.65. The van der Waals surface area contributed by atoms with Crippen molar-refractivity contribution >= 4 is 6.29 Å². The average Bonchev–Trinajstić information content (AvgIpc) is 3.61. The molecule has 1 aliphatic heterocycles. The predicted octanol–water partition coefficient (Wildman–Crippen LogP) is 6.85. The van der Waals surface area contributed by atoms with Gasteiger partial charge in [-0.05, 0) is 150 Å². The highest BCUT2D eigenvalue weighted by atomic mass is 16.5. The van der Waals surface area contributed by atoms with Crippen LogP contribution < -0.4 is 10.6 Å². The van der Waals surface area contributed by atoms with Crippen LogP contribution >= 0.6 is 0 Å². The maximum Gasteiger partial charge on any atom is 0.145 e. The Hall–Kier alpha value is -2.99. The summed E-state index contributed by atoms with van der Waals surface area (Å²) in [5.74, 6) is -0.511. The fourth-order valence-corrected chi connectivity index (χ4v) is 12.7. The van der Waals surface area contributed by atoms with Crippen molar-refractivity contribution in [3.05, 3.63) is 106 Å². The van der Waals surface area contributed by atoms with Gasteiger partial charge < -0.3 is 35.6 Å². The zero-order valence-electron chi connectivity index (χ0n) is 37.5. The fourth-order valence-electron chi connectivity index (χ4n) is 12.7. The summed E-state index contributed by atoms with van der Waals surface area (Å²) in [4.78, 5) is 12.4. The lowest BCUT2D eigenvalue weighted by Gasteiger charge is -2.61. The molecule has 9 heteroatoms. The highest BCUT2D eigenvalue weighted by Crippen LogP contribution is 2.67. The van der Waals surface area contributed by atoms with Crippen LogP contribution in [-0.2, 0) is 22.4 Å². The predicted molar refractivity (Wildman–Crippen MR) is 243 cm³/mol. The summed E-state index contributed by atoms with van der Waals surface area (Å²) < 4.78 is 5.65. The van der Waals surface area contributed by atoms with Crippen LogP contribution in [0, 0.1) is 40.9 Å². The summed E-state index contributed by atoms with van der Waals surface area (Å²) in [6, 6.07) is 8.90. The van der Waals surface area contributed by atoms with E-state index in [-0.39, 0.29) is 42.4 Å². The largest absolute Gasteiger partial charge is 0.396 e. The van der Waals surface area contributed by atoms with Crippen molar-refractivity contribution in [1.82, 2.24) is 10.6 Å². The van der Waals surface area contributed by atoms with E-state index in [9.17, 15) is 30.3 Å². The Morgan fingerprint density at radius 2 is 1.85 bits per heavy atom. The van der Waals surface area contributed by atoms with Gasteiger partial charge in [-0.3, -0.25) is 10.1 Å². The molecule has 3 fully saturated rings. The average molecular weight is 841 g/mol. The zero-order chi connectivity index (χ0) is 43.8. The number of nitrogens with one attached hydrogen (secondary N) is 2. The topological polar surface area (TPSA) is 152 Å². The molecule has 0 aromatic heterocycles. The maximum absolute atomic E-state index is 12.8. The molecule has 5 aliphatic rings. The van der Waals surface area contributed by atoms with Gasteiger partial charge in [-0.25, -0.2) is 0 Å². The Bertz CT molecular complexity index is 1830. The summed E-state index contributed by atoms with van der Waals surface area (Å²) in [5.41, 5.74) is 4.12. The van der Waals surface area contributed by atoms with Gasteiger partial charge in [-0.1, -0.05) is 97.7 Å². The van der Waals surface area contributed by atoms with E-state index < -0.39 is 29.3 Å². The minimum Gasteiger partial charge on any atom is -0.396 e. The molecule has 3 saturated carbocycles. The zero-order valence-corrected chi connectivity index (χ0v) is 37.5. The van der Waals surface area contributed by atoms with Crippen LogP contribution in [0.3, 0.4) is 0 Å². The number of hydrogen-bond donors (Lipinski definition) is 7. The number of carbonyl (C=O) groups excluding carboxylic acids is 1. The van der Waals surface area contributed by atoms with Crippen LogP contribution in [0.4, 0.5) is 0 Å². The van der Waals surface area contributed by atoms with E-state index in [2.05, 4.69) is 59.7 Å². The molecule has 1 aromatic carbocycles. The number of aliphatic hydroxyl groups is 5. The van der Waals surface area contributed by atoms with Gasteiger partial charge in [0.05, 0.1) is 18.3 Å². The fraction of sp³-hybridized carbons (Fsp3) is 0.635. The van der Waals surface area contributed by atoms with Gasteiger partial charge in [0.15, 0.2) is 0 Å². The van der Waals surface area contributed by atoms with Gasteiger partial charge in [-0.2, -0.15) is 0 Å². The number of carbonyl (C=O) groups is 1. The number of aldehydes is 1. The number of ether oxygens (including phenoxy) is 1. The molecular formula is C52H76N2O7. The van der Waals surface area contributed by atoms with E-state index >= 15 is 0 Å². The molecule has 7 N–H and O–H groups in total. The van der Waals surface area contributed by atoms with Crippen molar-refractivity contribution in [2.24, 2.45) is 40.9 Å². The molecule has 1 aromatic rings. The van der Waals surface area contributed by atoms with Crippen molar-refractivity contribution in [1.29, 1.82) is 0 Å². The first-order chi connectivity index (χ1) is 29.4. The quantitative estimate of drug-likeness (QED) is 0.0436. The SMILES string of the molecule is C=C(/C=C/C=C(/CO)[C@@H]1CC[C@]2([C@@H]1O)[C@@H]1C(=C(C)C=O)[C@@H](C=C[C@H]1CCO)C[C@]2(O)CCNC)[C@@H]1C/C=C(\C)[C@H](O)N[C@](CCOC)(C2CCCCC2)Cc2cccc(c2)C1. The summed E-state index contributed by atoms with van der Waals surface area (Å²) in [6.45, 7) is 9.29. The van der Waals surface area contributed by atoms with Crippen LogP contribution in [0.15, 0.2) is 95.2 Å². The van der Waals surface area contributed by atoms with Crippen molar-refractivity contribution < 1.29 is 35.1 Å². The first-order valence-electron chi connectivity index (χ1n) is 23.3. The second kappa shape index (κ2) is 21.1. The number of methoxy groups -OCH3 is 1. The number of rotatable bonds is 15. The van der Waals surface area contributed by atoms with E-state index in [4.69, 9.17) is 4.74 Å². The van der Waals surface area contributed by atoms with Crippen molar-refractivity contribution in [2.75, 3.05) is 40.5 Å². The highest BCUT2D eigenvalue weighted by Gasteiger charge is 2.68. The molecule has 4 bridgehead atoms. The van der Waals surface area contributed by atoms with Crippen molar-refractivity contribution in [3.63, 3.8) is 0 Å². The van der Waals surface area contributed by atoms with Gasteiger partial charge in [0.2, 0.25) is 0 Å². The van der Waals surface area contributed by atoms with Crippen LogP contribution in [-0.4, -0.2) is 95.8 Å². The van der Waals surface area contributed by atoms with Crippen molar-refractivity contribution in [3.8, 4) is 0 Å². The Labute approximate surface area is 365 Å². The Morgan fingerprint density at radius 3 is 2.56 bits per heavy atom. The van der Waals surface area contributed by atoms with Crippen LogP contribution in [0.1, 0.15) is 102 Å². The van der Waals surface area contributed by atoms with E-state index in [1.165, 1.54) is 30.4 Å². The van der Waals surface area contributed by atoms with Crippen LogP contribution in [0.2, 0.25) is 0 Å². The molecule has 0 unspecified atom stereocenters. The van der Waals surface area contributed by atoms with Gasteiger partial charge in [0.25, 0.3) is 0 Å². The third-order valence-electron chi connectivity index (χ3n) is 15.9. The number of fused-ring (bicyclic) bond motifs is 5. The van der Waals surface area contributed by atoms with E-state index in [0.29, 0.717) is 68.7 Å². The van der Waals surface area contributed by atoms with E-state index in [1.807, 2.05) is 39.1 Å². The third-order valence-corrected chi connectivity index (χ3v) is 15.9. The number of allylic oxidation sites excluding steroid dienone is 9. The van der Waals surface area contributed by atoms with E-state index in [0.717, 1.165) is 55.1 Å². The summed E-state index contributed by atoms with van der Waals surface area (Å²) in [5, 5.41) is 65.3. The second-order valence-electron chi connectivity index (χ2n) is 19.3. The molecular weight excluding hydrogens is 765 g/mol. The number of benzene rings is 1. The van der Waals surface area contributed by atoms with Gasteiger partial charge in [0, 0.05) is 43.1 Å². The Balaban J connectivity index is 1.27. The first kappa shape index (κ1) is 47.5. The minimum absolute atomic E-state index is 0.0418. The molecule has 1 heterocycles. The smallest absolute Gasteiger partial charge is 0.145 e. The first-order valence-corrected chi connectivity index (χ1v) is 23.3. The lowest BCUT2D eigenvalue weighted by atomic mass is 9.45. The molecule has 0 saturated heterocycles. The summed E-state index contributed by atoms with van der Waals surface area (Å²) in [6.07, 6.45) is 22.8. The molecule has 6 rings (SSSR count). The van der Waals surface area contributed by atoms with Gasteiger partial charge in [-0.15, -0.1) is 0 Å². The normalized spacial score (nSPS) is 36.6. The van der Waals surface area contributed by atoms with Gasteiger partial charge in [0.1, 0.15) is 12.5 Å². The number of aliphatic hydroxyl groups excluding tert-OH is 4. The maximum atomic E-state index is 12.8. The lowest BCUT2D eigenvalue weighted by molar-refractivity contribution is -0.194. The molecule has 9 nitrogen and oxygen atoms in total. The van der Waals surface area contributed by atoms with Crippen molar-refractivity contribution in [2.45, 2.75) is 127 Å². The molecule has 10 atom stereocenters. The third kappa shape index (κ3) is 9.90. The Morgan fingerprint density at radius 1 is 1.08 bits per heavy atom. The van der Waals surface area contributed by atoms with Gasteiger partial charge >= 0.3 is 0 Å². The summed E-state index contributed by atoms with van der Waals surface area (Å²) in [7, 11) is 3.62. The summed E-state index contributed by atoms with van der Waals surface area (Å²) >= 11 is 0. The standard InChI is InChI=1S/C52H76N2O7/c1-35(41-18-17-36(2)49(59)54-50(25-28-61-5,44-15-7-6-8-16-44)31-39-13-10-12-38(29-39)30-41)11-9-14-43(34-57)45-21-23-52(48(45)58)47-40(22-27-55)19-20-42(46(47)37(3)33-56)32-51(52,60)24-26-53-4/h9-14,17,19-20,29,33,40-42,44-45,47-49,53-55,57-60H,1,6-8,15-16,18,21-28,30-32,34H2,2-5H3/b11-9+,36-17+,43-14-,46-37?/t40-,41+,42-,45-,47-,48+,49-,50-,51+,52+/m0/s1. The molecule has 0 radical (unpaired) electrons. The minimum atomic E-state index is -1.24. The van der Waals surface area contributed by atoms with Crippen LogP contribution in [0.25, 0.3) is 0 Å². The molecule has 4 aliphatic carbocycles. The highest BCUT2D eigenvalue weighted by molar-refractivity contribution is 5.74. The molecule has 61 heavy (non-hydrogen) atoms. The Kier molecular flexibility index (Phi) is 16.4. The molecule has 336 valence electrons. The van der Waals surface area contributed by atoms with E-state index in [1.54, 1.807) is 7.11 Å². The monoisotopic (exact) mass is 841 g/mol. The number of hydrogen-bond acceptors (Lipinski definition) is 9.